The van der Waals surface area contributed by atoms with Gasteiger partial charge in [-0.1, -0.05) is 0 Å². The van der Waals surface area contributed by atoms with Crippen molar-refractivity contribution in [1.82, 2.24) is 4.98 Å². The van der Waals surface area contributed by atoms with Crippen molar-refractivity contribution >= 4 is 34.5 Å². The molecule has 0 saturated heterocycles. The zero-order chi connectivity index (χ0) is 21.3. The molecule has 2 aromatic carbocycles. The highest BCUT2D eigenvalue weighted by Gasteiger charge is 2.24. The van der Waals surface area contributed by atoms with Crippen molar-refractivity contribution in [2.24, 2.45) is 0 Å². The highest BCUT2D eigenvalue weighted by atomic mass is 32.1. The number of hydrogen-bond acceptors (Lipinski definition) is 6. The van der Waals surface area contributed by atoms with Crippen LogP contribution in [-0.4, -0.2) is 22.9 Å². The average Bonchev–Trinajstić information content (AvgIpc) is 3.09. The van der Waals surface area contributed by atoms with Crippen LogP contribution >= 0.6 is 11.3 Å². The fourth-order valence-electron chi connectivity index (χ4n) is 2.87. The van der Waals surface area contributed by atoms with Gasteiger partial charge >= 0.3 is 0 Å². The van der Waals surface area contributed by atoms with Crippen molar-refractivity contribution in [2.75, 3.05) is 10.6 Å². The lowest BCUT2D eigenvalue weighted by atomic mass is 10.2. The quantitative estimate of drug-likeness (QED) is 0.639. The molecule has 2 heterocycles. The van der Waals surface area contributed by atoms with Crippen LogP contribution in [0.15, 0.2) is 42.5 Å². The average molecular weight is 427 g/mol. The Kier molecular flexibility index (Phi) is 5.37. The fraction of sp³-hybridized carbons (Fsp3) is 0.190. The molecule has 9 heteroatoms. The second kappa shape index (κ2) is 8.11. The number of carbonyl (C=O) groups is 2. The molecule has 0 spiro atoms. The number of aryl methyl sites for hydroxylation is 1. The number of amides is 2. The van der Waals surface area contributed by atoms with Gasteiger partial charge in [0.1, 0.15) is 33.8 Å². The Morgan fingerprint density at radius 3 is 2.83 bits per heavy atom. The Morgan fingerprint density at radius 1 is 1.30 bits per heavy atom. The number of nitrogens with one attached hydrogen (secondary N) is 2. The summed E-state index contributed by atoms with van der Waals surface area (Å²) < 4.78 is 24.1. The van der Waals surface area contributed by atoms with E-state index in [-0.39, 0.29) is 24.2 Å². The van der Waals surface area contributed by atoms with Gasteiger partial charge in [-0.2, -0.15) is 0 Å². The maximum absolute atomic E-state index is 13.0. The van der Waals surface area contributed by atoms with E-state index in [0.717, 1.165) is 0 Å². The van der Waals surface area contributed by atoms with E-state index < -0.39 is 6.10 Å². The van der Waals surface area contributed by atoms with E-state index >= 15 is 0 Å². The topological polar surface area (TPSA) is 89.5 Å². The maximum atomic E-state index is 13.0. The SMILES string of the molecule is Cc1nc(COc2ccc(F)cc2)sc1C(=O)Nc1ccc2c(c1)NC(=O)[C@@H](C)O2. The molecule has 1 aromatic heterocycles. The van der Waals surface area contributed by atoms with Gasteiger partial charge in [0.2, 0.25) is 0 Å². The first-order chi connectivity index (χ1) is 14.4. The summed E-state index contributed by atoms with van der Waals surface area (Å²) in [6.45, 7) is 3.58. The summed E-state index contributed by atoms with van der Waals surface area (Å²) in [6.07, 6.45) is -0.562. The lowest BCUT2D eigenvalue weighted by Gasteiger charge is -2.23. The van der Waals surface area contributed by atoms with Gasteiger partial charge < -0.3 is 20.1 Å². The van der Waals surface area contributed by atoms with E-state index in [2.05, 4.69) is 15.6 Å². The maximum Gasteiger partial charge on any atom is 0.267 e. The van der Waals surface area contributed by atoms with Gasteiger partial charge in [0.25, 0.3) is 11.8 Å². The Morgan fingerprint density at radius 2 is 2.07 bits per heavy atom. The van der Waals surface area contributed by atoms with Crippen molar-refractivity contribution in [2.45, 2.75) is 26.6 Å². The summed E-state index contributed by atoms with van der Waals surface area (Å²) in [5.74, 6) is 0.177. The van der Waals surface area contributed by atoms with Crippen molar-refractivity contribution in [3.8, 4) is 11.5 Å². The second-order valence-corrected chi connectivity index (χ2v) is 7.76. The largest absolute Gasteiger partial charge is 0.486 e. The zero-order valence-electron chi connectivity index (χ0n) is 16.2. The predicted molar refractivity (Wildman–Crippen MR) is 111 cm³/mol. The molecule has 7 nitrogen and oxygen atoms in total. The minimum absolute atomic E-state index is 0.171. The third kappa shape index (κ3) is 4.25. The molecule has 0 fully saturated rings. The van der Waals surface area contributed by atoms with Crippen LogP contribution in [0, 0.1) is 12.7 Å². The Balaban J connectivity index is 1.43. The van der Waals surface area contributed by atoms with Crippen LogP contribution in [-0.2, 0) is 11.4 Å². The second-order valence-electron chi connectivity index (χ2n) is 6.68. The number of rotatable bonds is 5. The molecule has 154 valence electrons. The van der Waals surface area contributed by atoms with E-state index in [9.17, 15) is 14.0 Å². The third-order valence-corrected chi connectivity index (χ3v) is 5.52. The molecular formula is C21H18FN3O4S. The molecule has 0 radical (unpaired) electrons. The molecule has 4 rings (SSSR count). The molecule has 3 aromatic rings. The summed E-state index contributed by atoms with van der Waals surface area (Å²) in [7, 11) is 0. The number of thiazole rings is 1. The number of fused-ring (bicyclic) bond motifs is 1. The number of benzene rings is 2. The number of carbonyl (C=O) groups excluding carboxylic acids is 2. The summed E-state index contributed by atoms with van der Waals surface area (Å²) >= 11 is 1.22. The highest BCUT2D eigenvalue weighted by molar-refractivity contribution is 7.13. The van der Waals surface area contributed by atoms with Crippen LogP contribution in [0.4, 0.5) is 15.8 Å². The standard InChI is InChI=1S/C21H18FN3O4S/c1-11-19(30-18(23-11)10-28-15-6-3-13(22)4-7-15)21(27)24-14-5-8-17-16(9-14)25-20(26)12(2)29-17/h3-9,12H,10H2,1-2H3,(H,24,27)(H,25,26)/t12-/m1/s1. The van der Waals surface area contributed by atoms with Crippen LogP contribution in [0.3, 0.4) is 0 Å². The van der Waals surface area contributed by atoms with Crippen LogP contribution in [0.5, 0.6) is 11.5 Å². The normalized spacial score (nSPS) is 15.0. The molecule has 0 bridgehead atoms. The van der Waals surface area contributed by atoms with Gasteiger partial charge in [0.15, 0.2) is 6.10 Å². The minimum Gasteiger partial charge on any atom is -0.486 e. The van der Waals surface area contributed by atoms with E-state index in [0.29, 0.717) is 38.5 Å². The molecule has 0 saturated carbocycles. The lowest BCUT2D eigenvalue weighted by Crippen LogP contribution is -2.34. The summed E-state index contributed by atoms with van der Waals surface area (Å²) in [4.78, 5) is 29.3. The van der Waals surface area contributed by atoms with Crippen LogP contribution in [0.2, 0.25) is 0 Å². The first-order valence-electron chi connectivity index (χ1n) is 9.16. The molecule has 30 heavy (non-hydrogen) atoms. The monoisotopic (exact) mass is 427 g/mol. The molecule has 0 aliphatic carbocycles. The zero-order valence-corrected chi connectivity index (χ0v) is 17.0. The Hall–Kier alpha value is -3.46. The number of anilines is 2. The fourth-order valence-corrected chi connectivity index (χ4v) is 3.75. The van der Waals surface area contributed by atoms with E-state index in [1.54, 1.807) is 32.0 Å². The Bertz CT molecular complexity index is 1110. The number of aromatic nitrogens is 1. The van der Waals surface area contributed by atoms with E-state index in [1.165, 1.54) is 35.6 Å². The smallest absolute Gasteiger partial charge is 0.267 e. The Labute approximate surface area is 175 Å². The highest BCUT2D eigenvalue weighted by Crippen LogP contribution is 2.32. The van der Waals surface area contributed by atoms with E-state index in [4.69, 9.17) is 9.47 Å². The molecule has 2 N–H and O–H groups in total. The van der Waals surface area contributed by atoms with Gasteiger partial charge in [-0.3, -0.25) is 9.59 Å². The number of ether oxygens (including phenoxy) is 2. The van der Waals surface area contributed by atoms with Crippen LogP contribution in [0.25, 0.3) is 0 Å². The van der Waals surface area contributed by atoms with Gasteiger partial charge in [-0.05, 0) is 56.3 Å². The van der Waals surface area contributed by atoms with Crippen molar-refractivity contribution in [1.29, 1.82) is 0 Å². The van der Waals surface area contributed by atoms with Gasteiger partial charge in [-0.15, -0.1) is 11.3 Å². The number of hydrogen-bond donors (Lipinski definition) is 2. The number of nitrogens with zero attached hydrogens (tertiary/aromatic N) is 1. The number of halogens is 1. The molecule has 2 amide bonds. The third-order valence-electron chi connectivity index (χ3n) is 4.39. The predicted octanol–water partition coefficient (Wildman–Crippen LogP) is 4.14. The van der Waals surface area contributed by atoms with Gasteiger partial charge in [0, 0.05) is 5.69 Å². The van der Waals surface area contributed by atoms with Crippen molar-refractivity contribution in [3.63, 3.8) is 0 Å². The van der Waals surface area contributed by atoms with Crippen molar-refractivity contribution < 1.29 is 23.5 Å². The first-order valence-corrected chi connectivity index (χ1v) is 9.98. The van der Waals surface area contributed by atoms with Crippen LogP contribution in [0.1, 0.15) is 27.3 Å². The summed E-state index contributed by atoms with van der Waals surface area (Å²) in [5.41, 5.74) is 1.61. The summed E-state index contributed by atoms with van der Waals surface area (Å²) in [6, 6.07) is 10.7. The first kappa shape index (κ1) is 19.8. The lowest BCUT2D eigenvalue weighted by molar-refractivity contribution is -0.122. The summed E-state index contributed by atoms with van der Waals surface area (Å²) in [5, 5.41) is 6.19. The molecule has 1 aliphatic heterocycles. The molecule has 0 unspecified atom stereocenters. The van der Waals surface area contributed by atoms with E-state index in [1.807, 2.05) is 0 Å². The minimum atomic E-state index is -0.562. The van der Waals surface area contributed by atoms with Gasteiger partial charge in [-0.25, -0.2) is 9.37 Å². The molecule has 1 aliphatic rings. The van der Waals surface area contributed by atoms with Crippen molar-refractivity contribution in [3.05, 3.63) is 63.9 Å². The van der Waals surface area contributed by atoms with Crippen LogP contribution < -0.4 is 20.1 Å². The molecular weight excluding hydrogens is 409 g/mol. The molecule has 1 atom stereocenters. The van der Waals surface area contributed by atoms with Gasteiger partial charge in [0.05, 0.1) is 11.4 Å².